The van der Waals surface area contributed by atoms with E-state index in [1.165, 1.54) is 0 Å². The van der Waals surface area contributed by atoms with E-state index in [-0.39, 0.29) is 41.5 Å². The van der Waals surface area contributed by atoms with Crippen molar-refractivity contribution in [2.24, 2.45) is 10.9 Å². The Labute approximate surface area is 211 Å². The number of aromatic nitrogens is 2. The number of allylic oxidation sites excluding steroid dienone is 6. The fraction of sp³-hybridized carbons (Fsp3) is 0.370. The van der Waals surface area contributed by atoms with Crippen LogP contribution in [0, 0.1) is 5.92 Å². The molecule has 0 saturated carbocycles. The number of alkyl halides is 6. The zero-order valence-corrected chi connectivity index (χ0v) is 20.7. The second-order valence-electron chi connectivity index (χ2n) is 9.56. The van der Waals surface area contributed by atoms with Crippen molar-refractivity contribution in [2.75, 3.05) is 19.0 Å². The second kappa shape index (κ2) is 9.79. The lowest BCUT2D eigenvalue weighted by Gasteiger charge is -2.25. The van der Waals surface area contributed by atoms with Crippen LogP contribution in [-0.4, -0.2) is 36.0 Å². The van der Waals surface area contributed by atoms with E-state index in [4.69, 9.17) is 0 Å². The molecular weight excluding hydrogens is 494 g/mol. The van der Waals surface area contributed by atoms with Crippen LogP contribution in [-0.2, 0) is 6.18 Å². The minimum Gasteiger partial charge on any atom is -0.378 e. The monoisotopic (exact) mass is 520 g/mol. The predicted octanol–water partition coefficient (Wildman–Crippen LogP) is 7.66. The Kier molecular flexibility index (Phi) is 7.05. The largest absolute Gasteiger partial charge is 0.433 e. The van der Waals surface area contributed by atoms with Crippen LogP contribution in [0.25, 0.3) is 5.57 Å². The van der Waals surface area contributed by atoms with Gasteiger partial charge in [0.25, 0.3) is 0 Å². The number of rotatable bonds is 3. The molecule has 4 rings (SSSR count). The quantitative estimate of drug-likeness (QED) is 0.390. The highest BCUT2D eigenvalue weighted by Gasteiger charge is 2.41. The van der Waals surface area contributed by atoms with Crippen molar-refractivity contribution in [1.82, 2.24) is 9.97 Å². The highest BCUT2D eigenvalue weighted by atomic mass is 19.4. The summed E-state index contributed by atoms with van der Waals surface area (Å²) in [5.74, 6) is -1.36. The molecule has 2 unspecified atom stereocenters. The van der Waals surface area contributed by atoms with Crippen molar-refractivity contribution in [3.63, 3.8) is 0 Å². The smallest absolute Gasteiger partial charge is 0.378 e. The summed E-state index contributed by atoms with van der Waals surface area (Å²) < 4.78 is 82.4. The molecule has 0 N–H and O–H groups in total. The number of anilines is 1. The van der Waals surface area contributed by atoms with E-state index in [2.05, 4.69) is 15.0 Å². The summed E-state index contributed by atoms with van der Waals surface area (Å²) in [6, 6.07) is 7.49. The van der Waals surface area contributed by atoms with Gasteiger partial charge in [0.15, 0.2) is 17.3 Å². The molecule has 2 aliphatic rings. The minimum atomic E-state index is -4.79. The number of nitrogens with zero attached hydrogens (tertiary/aromatic N) is 4. The highest BCUT2D eigenvalue weighted by Crippen LogP contribution is 2.43. The molecule has 1 aliphatic carbocycles. The minimum absolute atomic E-state index is 0.0715. The maximum atomic E-state index is 14.1. The Morgan fingerprint density at radius 2 is 1.57 bits per heavy atom. The molecule has 2 heterocycles. The molecule has 0 fully saturated rings. The molecule has 1 aromatic heterocycles. The van der Waals surface area contributed by atoms with Crippen molar-refractivity contribution in [3.05, 3.63) is 76.8 Å². The summed E-state index contributed by atoms with van der Waals surface area (Å²) in [5, 5.41) is 0. The van der Waals surface area contributed by atoms with Gasteiger partial charge in [-0.2, -0.15) is 26.3 Å². The lowest BCUT2D eigenvalue weighted by molar-refractivity contribution is -0.142. The summed E-state index contributed by atoms with van der Waals surface area (Å²) in [6.07, 6.45) is -4.41. The van der Waals surface area contributed by atoms with Gasteiger partial charge in [0.05, 0.1) is 11.3 Å². The van der Waals surface area contributed by atoms with E-state index >= 15 is 0 Å². The van der Waals surface area contributed by atoms with Gasteiger partial charge in [-0.3, -0.25) is 0 Å². The third kappa shape index (κ3) is 5.78. The average molecular weight is 521 g/mol. The van der Waals surface area contributed by atoms with Gasteiger partial charge in [-0.15, -0.1) is 0 Å². The SMILES string of the molecule is CC1/C=C(/c2nc3c(c(C(F)(F)F)n2)C(C)CC(c2ccc(N(C)C)cc2)=N3)C=CC(C(F)(F)F)=CC1. The van der Waals surface area contributed by atoms with E-state index < -0.39 is 29.5 Å². The molecule has 0 bridgehead atoms. The van der Waals surface area contributed by atoms with Crippen LogP contribution >= 0.6 is 0 Å². The first kappa shape index (κ1) is 26.6. The van der Waals surface area contributed by atoms with E-state index in [1.54, 1.807) is 19.9 Å². The van der Waals surface area contributed by atoms with Crippen molar-refractivity contribution >= 4 is 22.8 Å². The van der Waals surface area contributed by atoms with Gasteiger partial charge in [-0.05, 0) is 48.4 Å². The summed E-state index contributed by atoms with van der Waals surface area (Å²) in [5.41, 5.74) is 0.305. The van der Waals surface area contributed by atoms with E-state index in [1.807, 2.05) is 43.3 Å². The second-order valence-corrected chi connectivity index (χ2v) is 9.56. The van der Waals surface area contributed by atoms with Gasteiger partial charge >= 0.3 is 12.4 Å². The maximum absolute atomic E-state index is 14.1. The molecule has 37 heavy (non-hydrogen) atoms. The molecule has 2 aromatic rings. The van der Waals surface area contributed by atoms with Crippen LogP contribution in [0.1, 0.15) is 55.3 Å². The first-order chi connectivity index (χ1) is 17.2. The number of fused-ring (bicyclic) bond motifs is 1. The molecule has 0 radical (unpaired) electrons. The summed E-state index contributed by atoms with van der Waals surface area (Å²) >= 11 is 0. The van der Waals surface area contributed by atoms with Crippen LogP contribution in [0.5, 0.6) is 0 Å². The van der Waals surface area contributed by atoms with E-state index in [9.17, 15) is 26.3 Å². The van der Waals surface area contributed by atoms with E-state index in [0.717, 1.165) is 29.5 Å². The van der Waals surface area contributed by atoms with Crippen LogP contribution in [0.3, 0.4) is 0 Å². The molecule has 4 nitrogen and oxygen atoms in total. The molecule has 2 atom stereocenters. The lowest BCUT2D eigenvalue weighted by atomic mass is 9.88. The third-order valence-corrected chi connectivity index (χ3v) is 6.35. The first-order valence-electron chi connectivity index (χ1n) is 11.8. The van der Waals surface area contributed by atoms with Crippen molar-refractivity contribution in [3.8, 4) is 0 Å². The van der Waals surface area contributed by atoms with Crippen LogP contribution in [0.2, 0.25) is 0 Å². The van der Waals surface area contributed by atoms with Gasteiger partial charge in [0, 0.05) is 30.9 Å². The Balaban J connectivity index is 1.85. The highest BCUT2D eigenvalue weighted by molar-refractivity contribution is 6.03. The van der Waals surface area contributed by atoms with Gasteiger partial charge in [0.2, 0.25) is 0 Å². The number of halogens is 6. The summed E-state index contributed by atoms with van der Waals surface area (Å²) in [4.78, 5) is 14.6. The average Bonchev–Trinajstić information content (AvgIpc) is 2.79. The number of benzene rings is 1. The van der Waals surface area contributed by atoms with Gasteiger partial charge in [0.1, 0.15) is 0 Å². The summed E-state index contributed by atoms with van der Waals surface area (Å²) in [6.45, 7) is 3.35. The zero-order valence-electron chi connectivity index (χ0n) is 20.7. The standard InChI is InChI=1S/C27H26F6N4/c1-15-5-9-19(26(28,29)30)10-6-18(13-15)24-35-23(27(31,32)33)22-16(2)14-21(34-25(22)36-24)17-7-11-20(12-8-17)37(3)4/h6-13,15-16H,5,14H2,1-4H3/b10-6?,18-13+,19-9?. The van der Waals surface area contributed by atoms with Crippen LogP contribution < -0.4 is 4.90 Å². The predicted molar refractivity (Wildman–Crippen MR) is 132 cm³/mol. The Bertz CT molecular complexity index is 1300. The maximum Gasteiger partial charge on any atom is 0.433 e. The van der Waals surface area contributed by atoms with Gasteiger partial charge in [-0.25, -0.2) is 15.0 Å². The normalized spacial score (nSPS) is 21.7. The fourth-order valence-corrected chi connectivity index (χ4v) is 4.39. The number of aliphatic imine (C=N–C) groups is 1. The zero-order chi connectivity index (χ0) is 27.1. The van der Waals surface area contributed by atoms with Crippen LogP contribution in [0.15, 0.2) is 59.1 Å². The fourth-order valence-electron chi connectivity index (χ4n) is 4.39. The molecule has 0 amide bonds. The Morgan fingerprint density at radius 3 is 2.16 bits per heavy atom. The third-order valence-electron chi connectivity index (χ3n) is 6.35. The van der Waals surface area contributed by atoms with Crippen molar-refractivity contribution in [2.45, 2.75) is 45.0 Å². The Hall–Kier alpha value is -3.43. The molecule has 1 aliphatic heterocycles. The molecule has 1 aromatic carbocycles. The number of hydrogen-bond donors (Lipinski definition) is 0. The van der Waals surface area contributed by atoms with Gasteiger partial charge in [-0.1, -0.05) is 44.2 Å². The van der Waals surface area contributed by atoms with Gasteiger partial charge < -0.3 is 4.90 Å². The molecule has 0 saturated heterocycles. The van der Waals surface area contributed by atoms with Crippen LogP contribution in [0.4, 0.5) is 37.8 Å². The van der Waals surface area contributed by atoms with Crippen molar-refractivity contribution in [1.29, 1.82) is 0 Å². The lowest BCUT2D eigenvalue weighted by Crippen LogP contribution is -2.21. The molecule has 196 valence electrons. The molecular formula is C27H26F6N4. The first-order valence-corrected chi connectivity index (χ1v) is 11.8. The molecule has 0 spiro atoms. The van der Waals surface area contributed by atoms with E-state index in [0.29, 0.717) is 5.71 Å². The van der Waals surface area contributed by atoms with Crippen molar-refractivity contribution < 1.29 is 26.3 Å². The Morgan fingerprint density at radius 1 is 0.892 bits per heavy atom. The topological polar surface area (TPSA) is 41.4 Å². The number of hydrogen-bond acceptors (Lipinski definition) is 4. The summed E-state index contributed by atoms with van der Waals surface area (Å²) in [7, 11) is 3.80. The molecule has 10 heteroatoms.